The monoisotopic (exact) mass is 328 g/mol. The molecule has 1 amide bonds. The maximum Gasteiger partial charge on any atom is 0.240 e. The van der Waals surface area contributed by atoms with Crippen molar-refractivity contribution >= 4 is 5.91 Å². The van der Waals surface area contributed by atoms with Crippen LogP contribution in [0.1, 0.15) is 16.7 Å². The van der Waals surface area contributed by atoms with Gasteiger partial charge in [-0.1, -0.05) is 30.3 Å². The molecule has 1 aliphatic heterocycles. The number of amides is 1. The molecule has 2 aromatic carbocycles. The van der Waals surface area contributed by atoms with Crippen LogP contribution in [0.2, 0.25) is 0 Å². The van der Waals surface area contributed by atoms with Crippen molar-refractivity contribution in [3.63, 3.8) is 0 Å². The molecule has 0 aromatic heterocycles. The van der Waals surface area contributed by atoms with Gasteiger partial charge in [0, 0.05) is 20.1 Å². The van der Waals surface area contributed by atoms with E-state index >= 15 is 0 Å². The lowest BCUT2D eigenvalue weighted by atomic mass is 9.95. The van der Waals surface area contributed by atoms with Crippen molar-refractivity contribution in [3.8, 4) is 5.75 Å². The van der Waals surface area contributed by atoms with E-state index in [2.05, 4.69) is 17.4 Å². The van der Waals surface area contributed by atoms with Crippen molar-refractivity contribution in [3.05, 3.63) is 65.0 Å². The highest BCUT2D eigenvalue weighted by molar-refractivity contribution is 5.82. The van der Waals surface area contributed by atoms with E-state index in [4.69, 9.17) is 4.74 Å². The molecule has 126 valence electrons. The molecule has 1 atom stereocenters. The average molecular weight is 328 g/mol. The average Bonchev–Trinajstić information content (AvgIpc) is 2.60. The van der Waals surface area contributed by atoms with Crippen molar-refractivity contribution < 1.29 is 13.9 Å². The lowest BCUT2D eigenvalue weighted by molar-refractivity contribution is -0.132. The third-order valence-corrected chi connectivity index (χ3v) is 4.39. The van der Waals surface area contributed by atoms with Gasteiger partial charge < -0.3 is 15.0 Å². The van der Waals surface area contributed by atoms with Gasteiger partial charge in [0.1, 0.15) is 0 Å². The van der Waals surface area contributed by atoms with E-state index in [0.29, 0.717) is 19.5 Å². The molecule has 1 heterocycles. The number of nitrogens with zero attached hydrogens (tertiary/aromatic N) is 1. The second kappa shape index (κ2) is 7.01. The highest BCUT2D eigenvalue weighted by Gasteiger charge is 2.26. The summed E-state index contributed by atoms with van der Waals surface area (Å²) in [5.41, 5.74) is 3.18. The first kappa shape index (κ1) is 16.5. The molecule has 0 unspecified atom stereocenters. The van der Waals surface area contributed by atoms with Crippen molar-refractivity contribution in [2.45, 2.75) is 25.6 Å². The number of halogens is 1. The summed E-state index contributed by atoms with van der Waals surface area (Å²) in [4.78, 5) is 14.3. The van der Waals surface area contributed by atoms with E-state index in [9.17, 15) is 9.18 Å². The van der Waals surface area contributed by atoms with Crippen LogP contribution in [-0.4, -0.2) is 31.0 Å². The van der Waals surface area contributed by atoms with Gasteiger partial charge in [-0.2, -0.15) is 0 Å². The van der Waals surface area contributed by atoms with Crippen LogP contribution in [0.3, 0.4) is 0 Å². The minimum atomic E-state index is -0.416. The van der Waals surface area contributed by atoms with Crippen LogP contribution < -0.4 is 10.1 Å². The summed E-state index contributed by atoms with van der Waals surface area (Å²) in [6, 6.07) is 12.7. The van der Waals surface area contributed by atoms with Gasteiger partial charge in [-0.25, -0.2) is 4.39 Å². The zero-order valence-corrected chi connectivity index (χ0v) is 13.9. The molecule has 2 aromatic rings. The Balaban J connectivity index is 1.66. The number of methoxy groups -OCH3 is 1. The lowest BCUT2D eigenvalue weighted by Crippen LogP contribution is -2.48. The van der Waals surface area contributed by atoms with Gasteiger partial charge in [0.25, 0.3) is 0 Å². The van der Waals surface area contributed by atoms with Crippen LogP contribution in [0, 0.1) is 5.82 Å². The van der Waals surface area contributed by atoms with E-state index in [-0.39, 0.29) is 17.7 Å². The summed E-state index contributed by atoms with van der Waals surface area (Å²) >= 11 is 0. The Hall–Kier alpha value is -2.40. The zero-order chi connectivity index (χ0) is 17.1. The minimum Gasteiger partial charge on any atom is -0.494 e. The van der Waals surface area contributed by atoms with Crippen LogP contribution in [-0.2, 0) is 24.3 Å². The summed E-state index contributed by atoms with van der Waals surface area (Å²) in [5.74, 6) is -0.195. The molecule has 5 heteroatoms. The fourth-order valence-electron chi connectivity index (χ4n) is 3.05. The molecule has 0 spiro atoms. The Bertz CT molecular complexity index is 748. The number of benzene rings is 2. The molecule has 24 heavy (non-hydrogen) atoms. The highest BCUT2D eigenvalue weighted by atomic mass is 19.1. The molecule has 1 aliphatic rings. The fourth-order valence-corrected chi connectivity index (χ4v) is 3.05. The van der Waals surface area contributed by atoms with E-state index < -0.39 is 5.82 Å². The predicted octanol–water partition coefficient (Wildman–Crippen LogP) is 2.51. The van der Waals surface area contributed by atoms with E-state index in [0.717, 1.165) is 5.56 Å². The number of nitrogens with one attached hydrogen (secondary N) is 1. The molecule has 0 aliphatic carbocycles. The predicted molar refractivity (Wildman–Crippen MR) is 90.2 cm³/mol. The molecule has 0 bridgehead atoms. The van der Waals surface area contributed by atoms with E-state index in [1.54, 1.807) is 24.1 Å². The van der Waals surface area contributed by atoms with Gasteiger partial charge in [0.2, 0.25) is 5.91 Å². The topological polar surface area (TPSA) is 41.6 Å². The van der Waals surface area contributed by atoms with Crippen molar-refractivity contribution in [1.29, 1.82) is 0 Å². The largest absolute Gasteiger partial charge is 0.494 e. The second-order valence-electron chi connectivity index (χ2n) is 6.07. The lowest BCUT2D eigenvalue weighted by Gasteiger charge is -2.29. The van der Waals surface area contributed by atoms with E-state index in [1.165, 1.54) is 24.3 Å². The molecule has 0 saturated carbocycles. The highest BCUT2D eigenvalue weighted by Crippen LogP contribution is 2.20. The van der Waals surface area contributed by atoms with E-state index in [1.807, 2.05) is 12.1 Å². The Kier molecular flexibility index (Phi) is 4.81. The third-order valence-electron chi connectivity index (χ3n) is 4.39. The van der Waals surface area contributed by atoms with Gasteiger partial charge in [0.15, 0.2) is 11.6 Å². The summed E-state index contributed by atoms with van der Waals surface area (Å²) < 4.78 is 18.7. The number of hydrogen-bond donors (Lipinski definition) is 1. The summed E-state index contributed by atoms with van der Waals surface area (Å²) in [5, 5.41) is 3.29. The van der Waals surface area contributed by atoms with Gasteiger partial charge in [0.05, 0.1) is 13.2 Å². The molecule has 0 saturated heterocycles. The molecule has 4 nitrogen and oxygen atoms in total. The summed E-state index contributed by atoms with van der Waals surface area (Å²) in [7, 11) is 3.17. The third kappa shape index (κ3) is 3.41. The summed E-state index contributed by atoms with van der Waals surface area (Å²) in [6.45, 7) is 1.05. The number of rotatable bonds is 4. The first-order valence-electron chi connectivity index (χ1n) is 7.96. The standard InChI is InChI=1S/C19H21FN2O2/c1-22(12-13-7-8-18(24-2)16(20)9-13)19(23)17-10-14-5-3-4-6-15(14)11-21-17/h3-9,17,21H,10-12H2,1-2H3/t17-/m1/s1. The molecule has 0 fully saturated rings. The molecule has 1 N–H and O–H groups in total. The Labute approximate surface area is 141 Å². The number of carbonyl (C=O) groups is 1. The van der Waals surface area contributed by atoms with Crippen LogP contribution in [0.4, 0.5) is 4.39 Å². The first-order chi connectivity index (χ1) is 11.6. The SMILES string of the molecule is COc1ccc(CN(C)C(=O)[C@H]2Cc3ccccc3CN2)cc1F. The normalized spacial score (nSPS) is 16.4. The van der Waals surface area contributed by atoms with Gasteiger partial charge in [-0.05, 0) is 35.2 Å². The van der Waals surface area contributed by atoms with Crippen LogP contribution >= 0.6 is 0 Å². The summed E-state index contributed by atoms with van der Waals surface area (Å²) in [6.07, 6.45) is 0.677. The van der Waals surface area contributed by atoms with Crippen molar-refractivity contribution in [1.82, 2.24) is 10.2 Å². The number of carbonyl (C=O) groups excluding carboxylic acids is 1. The van der Waals surface area contributed by atoms with Crippen molar-refractivity contribution in [2.75, 3.05) is 14.2 Å². The Morgan fingerprint density at radius 3 is 2.75 bits per heavy atom. The minimum absolute atomic E-state index is 0.0146. The maximum atomic E-state index is 13.8. The number of ether oxygens (including phenoxy) is 1. The van der Waals surface area contributed by atoms with Gasteiger partial charge >= 0.3 is 0 Å². The second-order valence-corrected chi connectivity index (χ2v) is 6.07. The number of hydrogen-bond acceptors (Lipinski definition) is 3. The Morgan fingerprint density at radius 1 is 1.29 bits per heavy atom. The van der Waals surface area contributed by atoms with Crippen LogP contribution in [0.5, 0.6) is 5.75 Å². The van der Waals surface area contributed by atoms with Gasteiger partial charge in [-0.3, -0.25) is 4.79 Å². The maximum absolute atomic E-state index is 13.8. The number of fused-ring (bicyclic) bond motifs is 1. The quantitative estimate of drug-likeness (QED) is 0.938. The smallest absolute Gasteiger partial charge is 0.240 e. The Morgan fingerprint density at radius 2 is 2.04 bits per heavy atom. The van der Waals surface area contributed by atoms with Crippen molar-refractivity contribution in [2.24, 2.45) is 0 Å². The van der Waals surface area contributed by atoms with Gasteiger partial charge in [-0.15, -0.1) is 0 Å². The fraction of sp³-hybridized carbons (Fsp3) is 0.316. The zero-order valence-electron chi connectivity index (χ0n) is 13.9. The molecule has 3 rings (SSSR count). The molecular weight excluding hydrogens is 307 g/mol. The molecular formula is C19H21FN2O2. The number of likely N-dealkylation sites (N-methyl/N-ethyl adjacent to an activating group) is 1. The van der Waals surface area contributed by atoms with Crippen LogP contribution in [0.15, 0.2) is 42.5 Å². The molecule has 0 radical (unpaired) electrons. The first-order valence-corrected chi connectivity index (χ1v) is 7.96. The van der Waals surface area contributed by atoms with Crippen LogP contribution in [0.25, 0.3) is 0 Å².